The van der Waals surface area contributed by atoms with Gasteiger partial charge >= 0.3 is 0 Å². The molecule has 1 aliphatic rings. The van der Waals surface area contributed by atoms with Crippen LogP contribution in [-0.4, -0.2) is 18.9 Å². The van der Waals surface area contributed by atoms with E-state index in [9.17, 15) is 4.79 Å². The third kappa shape index (κ3) is 2.80. The molecule has 5 heteroatoms. The minimum atomic E-state index is -0.169. The quantitative estimate of drug-likeness (QED) is 0.881. The zero-order valence-corrected chi connectivity index (χ0v) is 13.2. The Labute approximate surface area is 133 Å². The molecule has 112 valence electrons. The lowest BCUT2D eigenvalue weighted by atomic mass is 10.1. The number of rotatable bonds is 4. The molecular weight excluding hydrogens is 296 g/mol. The highest BCUT2D eigenvalue weighted by Crippen LogP contribution is 2.23. The van der Waals surface area contributed by atoms with Crippen molar-refractivity contribution in [1.82, 2.24) is 5.32 Å². The van der Waals surface area contributed by atoms with Crippen molar-refractivity contribution in [3.05, 3.63) is 57.4 Å². The molecule has 0 fully saturated rings. The molecule has 0 unspecified atom stereocenters. The van der Waals surface area contributed by atoms with Crippen LogP contribution in [-0.2, 0) is 11.2 Å². The second-order valence-electron chi connectivity index (χ2n) is 4.85. The van der Waals surface area contributed by atoms with Gasteiger partial charge in [-0.1, -0.05) is 19.1 Å². The highest BCUT2D eigenvalue weighted by atomic mass is 32.1. The molecule has 0 bridgehead atoms. The summed E-state index contributed by atoms with van der Waals surface area (Å²) in [6, 6.07) is 9.75. The topological polar surface area (TPSA) is 50.7 Å². The van der Waals surface area contributed by atoms with E-state index in [2.05, 4.69) is 17.2 Å². The second-order valence-corrected chi connectivity index (χ2v) is 5.79. The Hall–Kier alpha value is -2.40. The largest absolute Gasteiger partial charge is 0.496 e. The van der Waals surface area contributed by atoms with Crippen molar-refractivity contribution in [3.63, 3.8) is 0 Å². The van der Waals surface area contributed by atoms with Crippen LogP contribution in [0.15, 0.2) is 46.4 Å². The van der Waals surface area contributed by atoms with Crippen LogP contribution in [0.5, 0.6) is 5.75 Å². The Balaban J connectivity index is 1.93. The smallest absolute Gasteiger partial charge is 0.275 e. The maximum atomic E-state index is 12.0. The predicted molar refractivity (Wildman–Crippen MR) is 89.3 cm³/mol. The first kappa shape index (κ1) is 14.5. The summed E-state index contributed by atoms with van der Waals surface area (Å²) in [5.41, 5.74) is 2.48. The van der Waals surface area contributed by atoms with Crippen LogP contribution >= 0.6 is 11.3 Å². The van der Waals surface area contributed by atoms with Gasteiger partial charge in [-0.25, -0.2) is 4.99 Å². The number of aryl methyl sites for hydroxylation is 1. The van der Waals surface area contributed by atoms with Crippen LogP contribution in [0.4, 0.5) is 0 Å². The number of carbonyl (C=O) groups is 1. The van der Waals surface area contributed by atoms with Gasteiger partial charge in [-0.15, -0.1) is 11.3 Å². The number of carbonyl (C=O) groups excluding carboxylic acids is 1. The van der Waals surface area contributed by atoms with Crippen LogP contribution < -0.4 is 10.1 Å². The van der Waals surface area contributed by atoms with E-state index in [1.54, 1.807) is 24.5 Å². The SMILES string of the molecule is CCc1cc(/C=C2/N=C(c3cccs3)NC2=O)ccc1OC. The van der Waals surface area contributed by atoms with Crippen molar-refractivity contribution in [3.8, 4) is 5.75 Å². The van der Waals surface area contributed by atoms with E-state index in [-0.39, 0.29) is 5.91 Å². The van der Waals surface area contributed by atoms with E-state index < -0.39 is 0 Å². The van der Waals surface area contributed by atoms with Gasteiger partial charge in [0.2, 0.25) is 0 Å². The molecule has 0 atom stereocenters. The van der Waals surface area contributed by atoms with Gasteiger partial charge in [-0.3, -0.25) is 4.79 Å². The molecule has 0 aliphatic carbocycles. The fraction of sp³-hybridized carbons (Fsp3) is 0.176. The third-order valence-corrected chi connectivity index (χ3v) is 4.32. The molecule has 0 saturated carbocycles. The van der Waals surface area contributed by atoms with Gasteiger partial charge in [0.05, 0.1) is 12.0 Å². The molecule has 0 spiro atoms. The molecule has 1 aromatic carbocycles. The summed E-state index contributed by atoms with van der Waals surface area (Å²) in [4.78, 5) is 17.4. The van der Waals surface area contributed by atoms with Gasteiger partial charge < -0.3 is 10.1 Å². The molecule has 2 aromatic rings. The maximum Gasteiger partial charge on any atom is 0.275 e. The monoisotopic (exact) mass is 312 g/mol. The van der Waals surface area contributed by atoms with Crippen LogP contribution in [0.3, 0.4) is 0 Å². The van der Waals surface area contributed by atoms with Crippen molar-refractivity contribution in [2.45, 2.75) is 13.3 Å². The molecule has 2 heterocycles. The van der Waals surface area contributed by atoms with E-state index >= 15 is 0 Å². The molecule has 4 nitrogen and oxygen atoms in total. The summed E-state index contributed by atoms with van der Waals surface area (Å²) in [6.07, 6.45) is 2.67. The van der Waals surface area contributed by atoms with Crippen LogP contribution in [0.1, 0.15) is 22.9 Å². The van der Waals surface area contributed by atoms with Crippen molar-refractivity contribution in [2.24, 2.45) is 4.99 Å². The molecule has 22 heavy (non-hydrogen) atoms. The Bertz CT molecular complexity index is 761. The van der Waals surface area contributed by atoms with Gasteiger partial charge in [0.1, 0.15) is 11.4 Å². The predicted octanol–water partition coefficient (Wildman–Crippen LogP) is 3.24. The molecule has 3 rings (SSSR count). The Morgan fingerprint density at radius 2 is 2.23 bits per heavy atom. The zero-order chi connectivity index (χ0) is 15.5. The number of aliphatic imine (C=N–C) groups is 1. The minimum absolute atomic E-state index is 0.169. The number of methoxy groups -OCH3 is 1. The van der Waals surface area contributed by atoms with Crippen molar-refractivity contribution < 1.29 is 9.53 Å². The van der Waals surface area contributed by atoms with Gasteiger partial charge in [0.25, 0.3) is 5.91 Å². The molecule has 1 aliphatic heterocycles. The number of nitrogens with one attached hydrogen (secondary N) is 1. The highest BCUT2D eigenvalue weighted by Gasteiger charge is 2.21. The summed E-state index contributed by atoms with van der Waals surface area (Å²) < 4.78 is 5.32. The lowest BCUT2D eigenvalue weighted by Gasteiger charge is -2.07. The third-order valence-electron chi connectivity index (χ3n) is 3.44. The second kappa shape index (κ2) is 6.15. The van der Waals surface area contributed by atoms with Gasteiger partial charge in [0.15, 0.2) is 5.84 Å². The van der Waals surface area contributed by atoms with Gasteiger partial charge in [0, 0.05) is 0 Å². The normalized spacial score (nSPS) is 15.8. The van der Waals surface area contributed by atoms with Crippen molar-refractivity contribution in [1.29, 1.82) is 0 Å². The lowest BCUT2D eigenvalue weighted by Crippen LogP contribution is -2.23. The Morgan fingerprint density at radius 3 is 2.91 bits per heavy atom. The van der Waals surface area contributed by atoms with Crippen LogP contribution in [0.25, 0.3) is 6.08 Å². The standard InChI is InChI=1S/C17H16N2O2S/c1-3-12-9-11(6-7-14(12)21-2)10-13-17(20)19-16(18-13)15-5-4-8-22-15/h4-10H,3H2,1-2H3,(H,18,19,20)/b13-10+. The van der Waals surface area contributed by atoms with Crippen LogP contribution in [0, 0.1) is 0 Å². The number of thiophene rings is 1. The van der Waals surface area contributed by atoms with E-state index in [4.69, 9.17) is 4.74 Å². The molecule has 0 saturated heterocycles. The van der Waals surface area contributed by atoms with Crippen molar-refractivity contribution >= 4 is 29.2 Å². The van der Waals surface area contributed by atoms with E-state index in [1.165, 1.54) is 0 Å². The number of nitrogens with zero attached hydrogens (tertiary/aromatic N) is 1. The lowest BCUT2D eigenvalue weighted by molar-refractivity contribution is -0.115. The first-order chi connectivity index (χ1) is 10.7. The maximum absolute atomic E-state index is 12.0. The Morgan fingerprint density at radius 1 is 1.36 bits per heavy atom. The number of ether oxygens (including phenoxy) is 1. The van der Waals surface area contributed by atoms with Gasteiger partial charge in [-0.2, -0.15) is 0 Å². The summed E-state index contributed by atoms with van der Waals surface area (Å²) in [7, 11) is 1.66. The highest BCUT2D eigenvalue weighted by molar-refractivity contribution is 7.12. The minimum Gasteiger partial charge on any atom is -0.496 e. The molecule has 1 aromatic heterocycles. The zero-order valence-electron chi connectivity index (χ0n) is 12.4. The fourth-order valence-electron chi connectivity index (χ4n) is 2.32. The summed E-state index contributed by atoms with van der Waals surface area (Å²) >= 11 is 1.55. The van der Waals surface area contributed by atoms with Crippen molar-refractivity contribution in [2.75, 3.05) is 7.11 Å². The average molecular weight is 312 g/mol. The summed E-state index contributed by atoms with van der Waals surface area (Å²) in [6.45, 7) is 2.07. The number of benzene rings is 1. The molecule has 1 N–H and O–H groups in total. The fourth-order valence-corrected chi connectivity index (χ4v) is 2.99. The van der Waals surface area contributed by atoms with Gasteiger partial charge in [-0.05, 0) is 47.2 Å². The van der Waals surface area contributed by atoms with Crippen LogP contribution in [0.2, 0.25) is 0 Å². The molecule has 0 radical (unpaired) electrons. The summed E-state index contributed by atoms with van der Waals surface area (Å²) in [5.74, 6) is 1.32. The number of hydrogen-bond acceptors (Lipinski definition) is 4. The summed E-state index contributed by atoms with van der Waals surface area (Å²) in [5, 5.41) is 4.77. The van der Waals surface area contributed by atoms with E-state index in [0.29, 0.717) is 11.5 Å². The number of hydrogen-bond donors (Lipinski definition) is 1. The average Bonchev–Trinajstić information content (AvgIpc) is 3.17. The molecule has 1 amide bonds. The molecular formula is C17H16N2O2S. The van der Waals surface area contributed by atoms with E-state index in [0.717, 1.165) is 28.2 Å². The number of amides is 1. The van der Waals surface area contributed by atoms with E-state index in [1.807, 2.05) is 35.7 Å². The first-order valence-electron chi connectivity index (χ1n) is 7.03. The number of amidine groups is 1. The first-order valence-corrected chi connectivity index (χ1v) is 7.91. The Kier molecular flexibility index (Phi) is 4.06.